The summed E-state index contributed by atoms with van der Waals surface area (Å²) >= 11 is 0. The van der Waals surface area contributed by atoms with Crippen LogP contribution in [0.5, 0.6) is 0 Å². The van der Waals surface area contributed by atoms with Gasteiger partial charge in [0.25, 0.3) is 10.0 Å². The molecule has 1 N–H and O–H groups in total. The Bertz CT molecular complexity index is 1050. The maximum absolute atomic E-state index is 12.7. The SMILES string of the molecule is CN(C)Cc1ccc2cccc(NS(=O)(=O)c3ccc(C=O)cc3)c2n1. The Kier molecular flexibility index (Phi) is 5.01. The average Bonchev–Trinajstić information content (AvgIpc) is 2.61. The average molecular weight is 369 g/mol. The van der Waals surface area contributed by atoms with Gasteiger partial charge < -0.3 is 4.90 Å². The van der Waals surface area contributed by atoms with Crippen molar-refractivity contribution >= 4 is 32.9 Å². The largest absolute Gasteiger partial charge is 0.304 e. The number of para-hydroxylation sites is 1. The van der Waals surface area contributed by atoms with Crippen LogP contribution in [0.2, 0.25) is 0 Å². The Morgan fingerprint density at radius 3 is 2.42 bits per heavy atom. The minimum atomic E-state index is -3.78. The van der Waals surface area contributed by atoms with Crippen LogP contribution in [0.25, 0.3) is 10.9 Å². The molecule has 0 aliphatic heterocycles. The van der Waals surface area contributed by atoms with Gasteiger partial charge in [-0.25, -0.2) is 13.4 Å². The van der Waals surface area contributed by atoms with E-state index in [1.807, 2.05) is 37.2 Å². The normalized spacial score (nSPS) is 11.7. The third-order valence-corrected chi connectivity index (χ3v) is 5.21. The Labute approximate surface area is 152 Å². The van der Waals surface area contributed by atoms with Crippen LogP contribution in [0.4, 0.5) is 5.69 Å². The summed E-state index contributed by atoms with van der Waals surface area (Å²) < 4.78 is 27.9. The molecule has 0 fully saturated rings. The van der Waals surface area contributed by atoms with Gasteiger partial charge >= 0.3 is 0 Å². The van der Waals surface area contributed by atoms with Crippen molar-refractivity contribution in [2.24, 2.45) is 0 Å². The van der Waals surface area contributed by atoms with Gasteiger partial charge in [0.15, 0.2) is 0 Å². The number of pyridine rings is 1. The molecule has 3 rings (SSSR count). The van der Waals surface area contributed by atoms with E-state index < -0.39 is 10.0 Å². The molecule has 2 aromatic carbocycles. The van der Waals surface area contributed by atoms with Gasteiger partial charge in [-0.2, -0.15) is 0 Å². The van der Waals surface area contributed by atoms with Gasteiger partial charge in [0.1, 0.15) is 6.29 Å². The molecule has 0 amide bonds. The lowest BCUT2D eigenvalue weighted by Crippen LogP contribution is -2.14. The van der Waals surface area contributed by atoms with Crippen LogP contribution in [-0.2, 0) is 16.6 Å². The number of fused-ring (bicyclic) bond motifs is 1. The number of aromatic nitrogens is 1. The number of anilines is 1. The lowest BCUT2D eigenvalue weighted by molar-refractivity contribution is 0.112. The number of carbonyl (C=O) groups excluding carboxylic acids is 1. The zero-order chi connectivity index (χ0) is 18.7. The van der Waals surface area contributed by atoms with E-state index in [0.29, 0.717) is 29.6 Å². The summed E-state index contributed by atoms with van der Waals surface area (Å²) in [6, 6.07) is 15.0. The number of benzene rings is 2. The van der Waals surface area contributed by atoms with E-state index in [-0.39, 0.29) is 4.90 Å². The number of rotatable bonds is 6. The smallest absolute Gasteiger partial charge is 0.261 e. The summed E-state index contributed by atoms with van der Waals surface area (Å²) in [4.78, 5) is 17.4. The summed E-state index contributed by atoms with van der Waals surface area (Å²) in [6.45, 7) is 0.657. The highest BCUT2D eigenvalue weighted by Gasteiger charge is 2.16. The molecule has 0 saturated carbocycles. The third kappa shape index (κ3) is 3.89. The lowest BCUT2D eigenvalue weighted by Gasteiger charge is -2.13. The standard InChI is InChI=1S/C19H19N3O3S/c1-22(2)12-16-9-8-15-4-3-5-18(19(15)20-16)21-26(24,25)17-10-6-14(13-23)7-11-17/h3-11,13,21H,12H2,1-2H3. The van der Waals surface area contributed by atoms with Crippen molar-refractivity contribution < 1.29 is 13.2 Å². The number of nitrogens with one attached hydrogen (secondary N) is 1. The van der Waals surface area contributed by atoms with E-state index in [1.165, 1.54) is 24.3 Å². The Morgan fingerprint density at radius 1 is 1.04 bits per heavy atom. The molecule has 0 bridgehead atoms. The zero-order valence-corrected chi connectivity index (χ0v) is 15.3. The number of hydrogen-bond donors (Lipinski definition) is 1. The highest BCUT2D eigenvalue weighted by molar-refractivity contribution is 7.92. The number of nitrogens with zero attached hydrogens (tertiary/aromatic N) is 2. The van der Waals surface area contributed by atoms with Gasteiger partial charge in [-0.3, -0.25) is 9.52 Å². The molecule has 0 aliphatic carbocycles. The second-order valence-electron chi connectivity index (χ2n) is 6.21. The summed E-state index contributed by atoms with van der Waals surface area (Å²) in [5.41, 5.74) is 2.29. The van der Waals surface area contributed by atoms with Gasteiger partial charge in [-0.1, -0.05) is 30.3 Å². The highest BCUT2D eigenvalue weighted by Crippen LogP contribution is 2.25. The molecule has 6 nitrogen and oxygen atoms in total. The Morgan fingerprint density at radius 2 is 1.77 bits per heavy atom. The predicted octanol–water partition coefficient (Wildman–Crippen LogP) is 2.91. The monoisotopic (exact) mass is 369 g/mol. The number of sulfonamides is 1. The van der Waals surface area contributed by atoms with Gasteiger partial charge in [0, 0.05) is 17.5 Å². The molecule has 1 aromatic heterocycles. The molecular weight excluding hydrogens is 350 g/mol. The molecule has 7 heteroatoms. The van der Waals surface area contributed by atoms with Crippen LogP contribution < -0.4 is 4.72 Å². The first kappa shape index (κ1) is 18.0. The van der Waals surface area contributed by atoms with Gasteiger partial charge in [0.05, 0.1) is 21.8 Å². The predicted molar refractivity (Wildman–Crippen MR) is 102 cm³/mol. The first-order chi connectivity index (χ1) is 12.4. The molecule has 0 atom stereocenters. The molecule has 1 heterocycles. The fourth-order valence-corrected chi connectivity index (χ4v) is 3.68. The van der Waals surface area contributed by atoms with Crippen molar-refractivity contribution in [3.63, 3.8) is 0 Å². The van der Waals surface area contributed by atoms with E-state index in [9.17, 15) is 13.2 Å². The van der Waals surface area contributed by atoms with Crippen molar-refractivity contribution in [3.05, 3.63) is 65.9 Å². The lowest BCUT2D eigenvalue weighted by atomic mass is 10.2. The maximum atomic E-state index is 12.7. The summed E-state index contributed by atoms with van der Waals surface area (Å²) in [6.07, 6.45) is 0.671. The fourth-order valence-electron chi connectivity index (χ4n) is 2.61. The van der Waals surface area contributed by atoms with Gasteiger partial charge in [0.2, 0.25) is 0 Å². The molecule has 0 spiro atoms. The minimum absolute atomic E-state index is 0.0875. The van der Waals surface area contributed by atoms with Crippen LogP contribution in [0.3, 0.4) is 0 Å². The van der Waals surface area contributed by atoms with Crippen LogP contribution in [-0.4, -0.2) is 38.7 Å². The molecule has 0 unspecified atom stereocenters. The second-order valence-corrected chi connectivity index (χ2v) is 7.89. The van der Waals surface area contributed by atoms with E-state index in [1.54, 1.807) is 12.1 Å². The van der Waals surface area contributed by atoms with Crippen LogP contribution in [0.1, 0.15) is 16.1 Å². The van der Waals surface area contributed by atoms with E-state index >= 15 is 0 Å². The summed E-state index contributed by atoms with van der Waals surface area (Å²) in [7, 11) is 0.114. The Hall–Kier alpha value is -2.77. The van der Waals surface area contributed by atoms with E-state index in [4.69, 9.17) is 0 Å². The molecule has 0 saturated heterocycles. The topological polar surface area (TPSA) is 79.4 Å². The first-order valence-corrected chi connectivity index (χ1v) is 9.49. The quantitative estimate of drug-likeness (QED) is 0.676. The van der Waals surface area contributed by atoms with Crippen molar-refractivity contribution in [2.75, 3.05) is 18.8 Å². The third-order valence-electron chi connectivity index (χ3n) is 3.83. The molecule has 3 aromatic rings. The van der Waals surface area contributed by atoms with Gasteiger partial charge in [-0.05, 0) is 38.4 Å². The summed E-state index contributed by atoms with van der Waals surface area (Å²) in [5, 5.41) is 0.851. The van der Waals surface area contributed by atoms with Crippen molar-refractivity contribution in [1.29, 1.82) is 0 Å². The number of hydrogen-bond acceptors (Lipinski definition) is 5. The first-order valence-electron chi connectivity index (χ1n) is 8.00. The molecule has 0 radical (unpaired) electrons. The second kappa shape index (κ2) is 7.23. The molecule has 26 heavy (non-hydrogen) atoms. The number of carbonyl (C=O) groups is 1. The van der Waals surface area contributed by atoms with E-state index in [2.05, 4.69) is 9.71 Å². The van der Waals surface area contributed by atoms with Gasteiger partial charge in [-0.15, -0.1) is 0 Å². The van der Waals surface area contributed by atoms with Crippen LogP contribution in [0, 0.1) is 0 Å². The molecular formula is C19H19N3O3S. The fraction of sp³-hybridized carbons (Fsp3) is 0.158. The van der Waals surface area contributed by atoms with E-state index in [0.717, 1.165) is 11.1 Å². The van der Waals surface area contributed by atoms with Crippen LogP contribution in [0.15, 0.2) is 59.5 Å². The summed E-state index contributed by atoms with van der Waals surface area (Å²) in [5.74, 6) is 0. The maximum Gasteiger partial charge on any atom is 0.261 e. The minimum Gasteiger partial charge on any atom is -0.304 e. The zero-order valence-electron chi connectivity index (χ0n) is 14.5. The van der Waals surface area contributed by atoms with Crippen LogP contribution >= 0.6 is 0 Å². The molecule has 134 valence electrons. The number of aldehydes is 1. The highest BCUT2D eigenvalue weighted by atomic mass is 32.2. The molecule has 0 aliphatic rings. The van der Waals surface area contributed by atoms with Crippen molar-refractivity contribution in [3.8, 4) is 0 Å². The van der Waals surface area contributed by atoms with Crippen molar-refractivity contribution in [1.82, 2.24) is 9.88 Å². The Balaban J connectivity index is 1.99. The van der Waals surface area contributed by atoms with Crippen molar-refractivity contribution in [2.45, 2.75) is 11.4 Å².